The summed E-state index contributed by atoms with van der Waals surface area (Å²) in [5, 5.41) is 58.2. The van der Waals surface area contributed by atoms with Crippen LogP contribution in [0.1, 0.15) is 125 Å². The standard InChI is InChI=1S/C77H98N20O14/c1-43(2)32-60(75(110)97(66(45-26-29-81-30-27-45)74(109)88-48-12-4-3-5-13-48)63(18-10-28-83-77(79)80)76(111)96-31-11-19-62(96)73(108)86-40-64(78)100)94-69(104)57(34-46-37-84-53-16-8-6-14-51(46)53)91-68(103)56(33-44-20-22-50(99)23-21-44)90-72(107)61(41-98)95-70(105)58(35-47-38-85-54-17-9-7-15-52(47)54)92-71(106)59(36-49-39-82-42-87-49)93-67(102)55-24-25-65(101)89-55/h6-9,14-17,20-23,26-27,29-30,37-39,42-43,48,55-63,66,84-85,98-99H,3-5,10-13,18-19,24-25,28,31-36,40-41H2,1-2H3,(H2,78,100)(H,82,87)(H,86,108)(H,88,109)(H,89,101)(H,90,107)(H,91,103)(H,92,106)(H,93,102)(H,94,104)(H,95,105)(H4,79,80,83)/t55-,56-,57+,58-,59-,60-,61-,62-,63-,66?/m0/s1. The highest BCUT2D eigenvalue weighted by atomic mass is 16.3. The van der Waals surface area contributed by atoms with Crippen LogP contribution in [0.4, 0.5) is 0 Å². The number of carbonyl (C=O) groups excluding carboxylic acids is 12. The second kappa shape index (κ2) is 38.7. The molecule has 34 nitrogen and oxygen atoms in total. The maximum atomic E-state index is 16.7. The molecule has 4 aromatic heterocycles. The van der Waals surface area contributed by atoms with Gasteiger partial charge in [-0.25, -0.2) is 4.98 Å². The zero-order valence-electron chi connectivity index (χ0n) is 61.9. The number of fused-ring (bicyclic) bond motifs is 2. The van der Waals surface area contributed by atoms with Crippen LogP contribution >= 0.6 is 0 Å². The van der Waals surface area contributed by atoms with Gasteiger partial charge in [0.05, 0.1) is 25.2 Å². The highest BCUT2D eigenvalue weighted by Gasteiger charge is 2.47. The van der Waals surface area contributed by atoms with Crippen LogP contribution in [0.25, 0.3) is 21.8 Å². The number of aromatic hydroxyl groups is 1. The van der Waals surface area contributed by atoms with Gasteiger partial charge in [0.2, 0.25) is 70.9 Å². The summed E-state index contributed by atoms with van der Waals surface area (Å²) in [5.74, 6) is -10.7. The van der Waals surface area contributed by atoms with Crippen molar-refractivity contribution in [2.45, 2.75) is 183 Å². The third kappa shape index (κ3) is 22.0. The predicted octanol–water partition coefficient (Wildman–Crippen LogP) is 0.212. The first-order chi connectivity index (χ1) is 53.4. The number of phenols is 1. The number of primary amides is 1. The van der Waals surface area contributed by atoms with Crippen LogP contribution in [0.5, 0.6) is 5.75 Å². The number of benzene rings is 3. The number of aromatic amines is 3. The molecule has 34 heteroatoms. The Kier molecular flexibility index (Phi) is 28.4. The highest BCUT2D eigenvalue weighted by Crippen LogP contribution is 2.33. The first-order valence-electron chi connectivity index (χ1n) is 37.5. The molecule has 2 aliphatic heterocycles. The summed E-state index contributed by atoms with van der Waals surface area (Å²) in [6.45, 7) is 2.00. The number of nitrogens with zero attached hydrogens (tertiary/aromatic N) is 4. The molecular formula is C77H98N20O14. The minimum absolute atomic E-state index is 0.0122. The number of pyridine rings is 1. The summed E-state index contributed by atoms with van der Waals surface area (Å²) >= 11 is 0. The lowest BCUT2D eigenvalue weighted by atomic mass is 9.93. The molecular weight excluding hydrogens is 1430 g/mol. The average molecular weight is 1530 g/mol. The van der Waals surface area contributed by atoms with E-state index in [1.807, 2.05) is 0 Å². The van der Waals surface area contributed by atoms with Crippen molar-refractivity contribution in [3.8, 4) is 5.75 Å². The maximum Gasteiger partial charge on any atom is 0.247 e. The molecule has 0 spiro atoms. The first-order valence-corrected chi connectivity index (χ1v) is 37.5. The molecule has 1 saturated carbocycles. The number of rotatable bonds is 37. The lowest BCUT2D eigenvalue weighted by Crippen LogP contribution is -2.63. The van der Waals surface area contributed by atoms with Gasteiger partial charge in [0, 0.05) is 104 Å². The number of guanidine groups is 1. The molecule has 590 valence electrons. The molecule has 1 aliphatic carbocycles. The summed E-state index contributed by atoms with van der Waals surface area (Å²) < 4.78 is 0. The Balaban J connectivity index is 0.988. The summed E-state index contributed by atoms with van der Waals surface area (Å²) in [4.78, 5) is 196. The van der Waals surface area contributed by atoms with E-state index in [9.17, 15) is 43.8 Å². The molecule has 3 fully saturated rings. The molecule has 0 bridgehead atoms. The highest BCUT2D eigenvalue weighted by molar-refractivity contribution is 6.01. The number of phenolic OH excluding ortho intramolecular Hbond substituents is 1. The van der Waals surface area contributed by atoms with Gasteiger partial charge in [0.15, 0.2) is 5.96 Å². The van der Waals surface area contributed by atoms with E-state index in [0.717, 1.165) is 24.2 Å². The van der Waals surface area contributed by atoms with E-state index in [0.29, 0.717) is 63.5 Å². The number of aliphatic hydroxyl groups excluding tert-OH is 1. The van der Waals surface area contributed by atoms with Gasteiger partial charge >= 0.3 is 0 Å². The fourth-order valence-corrected chi connectivity index (χ4v) is 14.5. The number of hydrogen-bond acceptors (Lipinski definition) is 17. The molecule has 6 heterocycles. The number of para-hydroxylation sites is 2. The Bertz CT molecular complexity index is 4450. The zero-order valence-corrected chi connectivity index (χ0v) is 61.9. The molecule has 10 rings (SSSR count). The van der Waals surface area contributed by atoms with Crippen LogP contribution in [0.15, 0.2) is 122 Å². The molecule has 1 unspecified atom stereocenters. The number of nitrogens with two attached hydrogens (primary N) is 2. The molecule has 12 amide bonds. The van der Waals surface area contributed by atoms with E-state index in [1.54, 1.807) is 74.8 Å². The average Bonchev–Trinajstić information content (AvgIpc) is 1.24. The first kappa shape index (κ1) is 81.3. The van der Waals surface area contributed by atoms with E-state index in [-0.39, 0.29) is 107 Å². The lowest BCUT2D eigenvalue weighted by molar-refractivity contribution is -0.156. The largest absolute Gasteiger partial charge is 0.508 e. The monoisotopic (exact) mass is 1530 g/mol. The fourth-order valence-electron chi connectivity index (χ4n) is 14.5. The van der Waals surface area contributed by atoms with Crippen molar-refractivity contribution in [1.82, 2.24) is 87.9 Å². The minimum atomic E-state index is -1.85. The number of amides is 12. The van der Waals surface area contributed by atoms with Gasteiger partial charge in [-0.1, -0.05) is 81.6 Å². The molecule has 0 radical (unpaired) electrons. The predicted molar refractivity (Wildman–Crippen MR) is 406 cm³/mol. The van der Waals surface area contributed by atoms with Gasteiger partial charge in [-0.15, -0.1) is 0 Å². The topological polar surface area (TPSA) is 521 Å². The number of aromatic nitrogens is 5. The third-order valence-corrected chi connectivity index (χ3v) is 20.1. The van der Waals surface area contributed by atoms with Crippen LogP contribution in [0.2, 0.25) is 0 Å². The quantitative estimate of drug-likeness (QED) is 0.0141. The van der Waals surface area contributed by atoms with Crippen molar-refractivity contribution in [3.05, 3.63) is 150 Å². The smallest absolute Gasteiger partial charge is 0.247 e. The van der Waals surface area contributed by atoms with Crippen molar-refractivity contribution in [2.75, 3.05) is 26.2 Å². The van der Waals surface area contributed by atoms with Gasteiger partial charge in [0.1, 0.15) is 66.2 Å². The lowest BCUT2D eigenvalue weighted by Gasteiger charge is -2.42. The van der Waals surface area contributed by atoms with Crippen LogP contribution in [0.3, 0.4) is 0 Å². The van der Waals surface area contributed by atoms with Crippen LogP contribution < -0.4 is 64.6 Å². The number of likely N-dealkylation sites (tertiary alicyclic amines) is 1. The number of aliphatic hydroxyl groups is 1. The summed E-state index contributed by atoms with van der Waals surface area (Å²) in [7, 11) is 0. The van der Waals surface area contributed by atoms with Gasteiger partial charge in [0.25, 0.3) is 0 Å². The SMILES string of the molecule is CC(C)C[C@H](NC(=O)[C@@H](Cc1c[nH]c2ccccc12)NC(=O)[C@H](Cc1ccc(O)cc1)NC(=O)[C@H](CO)NC(=O)[C@H](Cc1c[nH]c2ccccc12)NC(=O)[C@H](Cc1c[nH]cn1)NC(=O)[C@@H]1CCC(=O)N1)C(=O)N(C(C(=O)NC1CCCCC1)c1ccncc1)[C@@H](CCCNC(=N)N)C(=O)N1CCC[C@H]1C(=O)NCC(N)=O. The maximum absolute atomic E-state index is 16.7. The van der Waals surface area contributed by atoms with Crippen LogP contribution in [0, 0.1) is 11.3 Å². The second-order valence-electron chi connectivity index (χ2n) is 28.7. The van der Waals surface area contributed by atoms with Gasteiger partial charge in [-0.05, 0) is 116 Å². The van der Waals surface area contributed by atoms with Gasteiger partial charge in [-0.2, -0.15) is 0 Å². The van der Waals surface area contributed by atoms with Crippen molar-refractivity contribution in [2.24, 2.45) is 17.4 Å². The number of nitrogens with one attached hydrogen (secondary N) is 14. The Morgan fingerprint density at radius 2 is 1.22 bits per heavy atom. The number of H-pyrrole nitrogens is 3. The molecule has 111 heavy (non-hydrogen) atoms. The Morgan fingerprint density at radius 3 is 1.77 bits per heavy atom. The van der Waals surface area contributed by atoms with E-state index in [1.165, 1.54) is 66.2 Å². The Morgan fingerprint density at radius 1 is 0.640 bits per heavy atom. The molecule has 3 aliphatic rings. The van der Waals surface area contributed by atoms with Crippen molar-refractivity contribution < 1.29 is 67.7 Å². The van der Waals surface area contributed by atoms with E-state index in [4.69, 9.17) is 16.9 Å². The van der Waals surface area contributed by atoms with E-state index in [2.05, 4.69) is 78.1 Å². The van der Waals surface area contributed by atoms with Crippen molar-refractivity contribution in [1.29, 1.82) is 5.41 Å². The van der Waals surface area contributed by atoms with E-state index >= 15 is 24.0 Å². The molecule has 20 N–H and O–H groups in total. The number of carbonyl (C=O) groups is 12. The van der Waals surface area contributed by atoms with Gasteiger partial charge in [-0.3, -0.25) is 67.9 Å². The fraction of sp³-hybridized carbons (Fsp3) is 0.442. The number of imidazole rings is 1. The summed E-state index contributed by atoms with van der Waals surface area (Å²) in [6, 6.07) is 7.69. The normalized spacial score (nSPS) is 17.2. The third-order valence-electron chi connectivity index (χ3n) is 20.1. The van der Waals surface area contributed by atoms with Gasteiger partial charge < -0.3 is 99.6 Å². The molecule has 7 aromatic rings. The molecule has 10 atom stereocenters. The Labute approximate surface area is 639 Å². The summed E-state index contributed by atoms with van der Waals surface area (Å²) in [5.41, 5.74) is 14.5. The molecule has 2 saturated heterocycles. The van der Waals surface area contributed by atoms with Crippen LogP contribution in [-0.4, -0.2) is 208 Å². The van der Waals surface area contributed by atoms with Crippen LogP contribution in [-0.2, 0) is 83.2 Å². The summed E-state index contributed by atoms with van der Waals surface area (Å²) in [6.07, 6.45) is 12.2. The van der Waals surface area contributed by atoms with Crippen molar-refractivity contribution >= 4 is 98.7 Å². The second-order valence-corrected chi connectivity index (χ2v) is 28.7. The Hall–Kier alpha value is -12.2. The van der Waals surface area contributed by atoms with E-state index < -0.39 is 144 Å². The molecule has 3 aromatic carbocycles. The van der Waals surface area contributed by atoms with Crippen molar-refractivity contribution in [3.63, 3.8) is 0 Å². The number of hydrogen-bond donors (Lipinski definition) is 18. The minimum Gasteiger partial charge on any atom is -0.508 e. The zero-order chi connectivity index (χ0) is 79.3.